The minimum absolute atomic E-state index is 0.0285. The van der Waals surface area contributed by atoms with Gasteiger partial charge in [0.15, 0.2) is 6.61 Å². The fourth-order valence-corrected chi connectivity index (χ4v) is 3.79. The van der Waals surface area contributed by atoms with E-state index in [1.54, 1.807) is 4.90 Å². The molecule has 6 heteroatoms. The van der Waals surface area contributed by atoms with E-state index < -0.39 is 6.10 Å². The number of amides is 1. The predicted molar refractivity (Wildman–Crippen MR) is 112 cm³/mol. The number of carbonyl (C=O) groups is 1. The van der Waals surface area contributed by atoms with Crippen molar-refractivity contribution in [2.45, 2.75) is 6.10 Å². The van der Waals surface area contributed by atoms with Crippen LogP contribution in [0.15, 0.2) is 66.7 Å². The molecule has 146 valence electrons. The Morgan fingerprint density at radius 2 is 1.83 bits per heavy atom. The number of carbonyl (C=O) groups excluding carboxylic acids is 1. The number of H-pyrrole nitrogens is 1. The van der Waals surface area contributed by atoms with Gasteiger partial charge in [0, 0.05) is 16.3 Å². The lowest BCUT2D eigenvalue weighted by molar-refractivity contribution is -0.121. The first-order chi connectivity index (χ1) is 14.2. The van der Waals surface area contributed by atoms with Gasteiger partial charge >= 0.3 is 0 Å². The molecular formula is C23H20N2O4. The molecule has 0 radical (unpaired) electrons. The van der Waals surface area contributed by atoms with Crippen LogP contribution in [0.2, 0.25) is 0 Å². The van der Waals surface area contributed by atoms with Gasteiger partial charge in [-0.25, -0.2) is 0 Å². The summed E-state index contributed by atoms with van der Waals surface area (Å²) in [6.07, 6.45) is -0.842. The lowest BCUT2D eigenvalue weighted by Crippen LogP contribution is -2.44. The van der Waals surface area contributed by atoms with Crippen molar-refractivity contribution in [3.63, 3.8) is 0 Å². The molecule has 1 aromatic heterocycles. The zero-order chi connectivity index (χ0) is 19.8. The minimum Gasteiger partial charge on any atom is -0.490 e. The monoisotopic (exact) mass is 388 g/mol. The number of nitrogens with one attached hydrogen (secondary N) is 1. The number of hydrogen-bond acceptors (Lipinski definition) is 4. The third-order valence-electron chi connectivity index (χ3n) is 5.12. The number of para-hydroxylation sites is 3. The number of rotatable bonds is 5. The van der Waals surface area contributed by atoms with Crippen LogP contribution in [0, 0.1) is 0 Å². The van der Waals surface area contributed by atoms with Gasteiger partial charge in [0.25, 0.3) is 5.91 Å². The molecule has 0 bridgehead atoms. The molecule has 3 aromatic carbocycles. The van der Waals surface area contributed by atoms with Crippen LogP contribution < -0.4 is 14.4 Å². The third kappa shape index (κ3) is 3.17. The van der Waals surface area contributed by atoms with Gasteiger partial charge in [-0.2, -0.15) is 0 Å². The van der Waals surface area contributed by atoms with E-state index in [4.69, 9.17) is 9.47 Å². The largest absolute Gasteiger partial charge is 0.490 e. The highest BCUT2D eigenvalue weighted by atomic mass is 16.5. The van der Waals surface area contributed by atoms with Crippen LogP contribution in [0.1, 0.15) is 0 Å². The van der Waals surface area contributed by atoms with E-state index in [-0.39, 0.29) is 25.7 Å². The molecule has 0 fully saturated rings. The van der Waals surface area contributed by atoms with Crippen LogP contribution >= 0.6 is 0 Å². The van der Waals surface area contributed by atoms with Gasteiger partial charge in [-0.3, -0.25) is 4.79 Å². The molecule has 6 nitrogen and oxygen atoms in total. The maximum atomic E-state index is 12.3. The molecule has 0 aliphatic carbocycles. The van der Waals surface area contributed by atoms with E-state index in [9.17, 15) is 9.90 Å². The first-order valence-electron chi connectivity index (χ1n) is 9.53. The molecule has 0 saturated carbocycles. The predicted octanol–water partition coefficient (Wildman–Crippen LogP) is 3.49. The second-order valence-corrected chi connectivity index (χ2v) is 7.07. The number of aromatic amines is 1. The summed E-state index contributed by atoms with van der Waals surface area (Å²) in [6, 6.07) is 21.2. The summed E-state index contributed by atoms with van der Waals surface area (Å²) in [7, 11) is 0. The number of hydrogen-bond donors (Lipinski definition) is 2. The number of aliphatic hydroxyl groups is 1. The smallest absolute Gasteiger partial charge is 0.265 e. The number of aromatic nitrogens is 1. The first kappa shape index (κ1) is 17.6. The normalized spacial score (nSPS) is 14.7. The number of benzene rings is 3. The molecule has 0 spiro atoms. The van der Waals surface area contributed by atoms with Crippen molar-refractivity contribution in [1.82, 2.24) is 4.98 Å². The van der Waals surface area contributed by atoms with Crippen LogP contribution in [0.3, 0.4) is 0 Å². The summed E-state index contributed by atoms with van der Waals surface area (Å²) >= 11 is 0. The van der Waals surface area contributed by atoms with Crippen LogP contribution in [0.25, 0.3) is 21.8 Å². The van der Waals surface area contributed by atoms with Crippen LogP contribution in [0.5, 0.6) is 11.5 Å². The summed E-state index contributed by atoms with van der Waals surface area (Å²) in [6.45, 7) is 0.188. The number of ether oxygens (including phenoxy) is 2. The lowest BCUT2D eigenvalue weighted by Gasteiger charge is -2.30. The van der Waals surface area contributed by atoms with Gasteiger partial charge < -0.3 is 24.5 Å². The molecule has 29 heavy (non-hydrogen) atoms. The van der Waals surface area contributed by atoms with Gasteiger partial charge in [0.2, 0.25) is 0 Å². The third-order valence-corrected chi connectivity index (χ3v) is 5.12. The summed E-state index contributed by atoms with van der Waals surface area (Å²) in [5, 5.41) is 12.6. The topological polar surface area (TPSA) is 74.8 Å². The number of β-amino-alcohol motifs (C(OH)–C–C–N with tert-alkyl or cyclic N) is 1. The van der Waals surface area contributed by atoms with E-state index in [2.05, 4.69) is 4.98 Å². The van der Waals surface area contributed by atoms with Gasteiger partial charge in [-0.15, -0.1) is 0 Å². The van der Waals surface area contributed by atoms with Crippen molar-refractivity contribution < 1.29 is 19.4 Å². The van der Waals surface area contributed by atoms with Crippen LogP contribution in [-0.4, -0.2) is 41.9 Å². The lowest BCUT2D eigenvalue weighted by atomic mass is 10.1. The van der Waals surface area contributed by atoms with Crippen molar-refractivity contribution in [1.29, 1.82) is 0 Å². The van der Waals surface area contributed by atoms with Crippen molar-refractivity contribution in [3.05, 3.63) is 66.7 Å². The van der Waals surface area contributed by atoms with Crippen molar-refractivity contribution in [3.8, 4) is 11.5 Å². The first-order valence-corrected chi connectivity index (χ1v) is 9.53. The molecule has 1 aliphatic heterocycles. The Balaban J connectivity index is 1.35. The van der Waals surface area contributed by atoms with Crippen molar-refractivity contribution in [2.75, 3.05) is 24.7 Å². The van der Waals surface area contributed by atoms with Gasteiger partial charge in [-0.1, -0.05) is 36.4 Å². The van der Waals surface area contributed by atoms with Crippen molar-refractivity contribution in [2.24, 2.45) is 0 Å². The Morgan fingerprint density at radius 3 is 2.76 bits per heavy atom. The Morgan fingerprint density at radius 1 is 1.03 bits per heavy atom. The molecular weight excluding hydrogens is 368 g/mol. The van der Waals surface area contributed by atoms with E-state index in [0.29, 0.717) is 17.2 Å². The van der Waals surface area contributed by atoms with E-state index in [1.165, 1.54) is 0 Å². The standard InChI is InChI=1S/C23H20N2O4/c26-15(12-25-19-9-3-4-10-20(19)29-14-22(25)27)13-28-21-11-5-8-18-23(21)16-6-1-2-7-17(16)24-18/h1-11,15,24,26H,12-14H2. The van der Waals surface area contributed by atoms with E-state index in [0.717, 1.165) is 21.8 Å². The quantitative estimate of drug-likeness (QED) is 0.549. The fraction of sp³-hybridized carbons (Fsp3) is 0.174. The van der Waals surface area contributed by atoms with E-state index >= 15 is 0 Å². The minimum atomic E-state index is -0.842. The molecule has 1 amide bonds. The van der Waals surface area contributed by atoms with Gasteiger partial charge in [-0.05, 0) is 30.3 Å². The highest BCUT2D eigenvalue weighted by molar-refractivity contribution is 6.10. The molecule has 2 heterocycles. The average Bonchev–Trinajstić information content (AvgIpc) is 3.13. The highest BCUT2D eigenvalue weighted by Gasteiger charge is 2.27. The number of aliphatic hydroxyl groups excluding tert-OH is 1. The zero-order valence-electron chi connectivity index (χ0n) is 15.7. The van der Waals surface area contributed by atoms with E-state index in [1.807, 2.05) is 66.7 Å². The Labute approximate surface area is 167 Å². The highest BCUT2D eigenvalue weighted by Crippen LogP contribution is 2.34. The molecule has 1 aliphatic rings. The maximum Gasteiger partial charge on any atom is 0.265 e. The molecule has 2 N–H and O–H groups in total. The van der Waals surface area contributed by atoms with Crippen LogP contribution in [0.4, 0.5) is 5.69 Å². The zero-order valence-corrected chi connectivity index (χ0v) is 15.7. The summed E-state index contributed by atoms with van der Waals surface area (Å²) in [4.78, 5) is 17.2. The molecule has 4 aromatic rings. The molecule has 5 rings (SSSR count). The molecule has 0 saturated heterocycles. The second kappa shape index (κ2) is 7.14. The summed E-state index contributed by atoms with van der Waals surface area (Å²) in [5.41, 5.74) is 2.69. The molecule has 1 atom stereocenters. The second-order valence-electron chi connectivity index (χ2n) is 7.07. The van der Waals surface area contributed by atoms with Gasteiger partial charge in [0.05, 0.1) is 17.7 Å². The number of fused-ring (bicyclic) bond motifs is 4. The number of nitrogens with zero attached hydrogens (tertiary/aromatic N) is 1. The van der Waals surface area contributed by atoms with Crippen LogP contribution in [-0.2, 0) is 4.79 Å². The fourth-order valence-electron chi connectivity index (χ4n) is 3.79. The Kier molecular flexibility index (Phi) is 4.33. The molecule has 1 unspecified atom stereocenters. The Hall–Kier alpha value is -3.51. The SMILES string of the molecule is O=C1COc2ccccc2N1CC(O)COc1cccc2[nH]c3ccccc3c12. The maximum absolute atomic E-state index is 12.3. The average molecular weight is 388 g/mol. The van der Waals surface area contributed by atoms with Crippen molar-refractivity contribution >= 4 is 33.4 Å². The number of anilines is 1. The summed E-state index contributed by atoms with van der Waals surface area (Å²) in [5.74, 6) is 1.16. The summed E-state index contributed by atoms with van der Waals surface area (Å²) < 4.78 is 11.4. The Bertz CT molecular complexity index is 1200. The van der Waals surface area contributed by atoms with Gasteiger partial charge in [0.1, 0.15) is 24.2 Å².